The van der Waals surface area contributed by atoms with Crippen molar-refractivity contribution < 1.29 is 23.5 Å². The first-order chi connectivity index (χ1) is 28.2. The SMILES string of the molecule is CC(C)(C)CC(=O)[Si](OCC(CCCCc1ccc2c(n1)N(C(=O)O)CCC2)CO[Si](c1ccccc1)(c1ccccc1)C(C)(C)C)(c1ccccc1)c1ccccc1. The van der Waals surface area contributed by atoms with Crippen molar-refractivity contribution in [2.24, 2.45) is 11.3 Å². The van der Waals surface area contributed by atoms with E-state index in [4.69, 9.17) is 13.8 Å². The fourth-order valence-electron chi connectivity index (χ4n) is 8.69. The van der Waals surface area contributed by atoms with E-state index in [1.807, 2.05) is 42.5 Å². The monoisotopic (exact) mass is 826 g/mol. The Morgan fingerprint density at radius 2 is 1.20 bits per heavy atom. The molecule has 0 radical (unpaired) electrons. The maximum Gasteiger partial charge on any atom is 0.413 e. The normalized spacial score (nSPS) is 14.1. The first-order valence-corrected chi connectivity index (χ1v) is 25.1. The Balaban J connectivity index is 1.34. The van der Waals surface area contributed by atoms with Gasteiger partial charge in [-0.15, -0.1) is 0 Å². The quantitative estimate of drug-likeness (QED) is 0.0746. The summed E-state index contributed by atoms with van der Waals surface area (Å²) in [5.41, 5.74) is 1.67. The van der Waals surface area contributed by atoms with E-state index in [1.165, 1.54) is 15.3 Å². The average Bonchev–Trinajstić information content (AvgIpc) is 3.22. The van der Waals surface area contributed by atoms with Gasteiger partial charge in [0.2, 0.25) is 0 Å². The number of rotatable bonds is 17. The van der Waals surface area contributed by atoms with Gasteiger partial charge in [-0.25, -0.2) is 9.78 Å². The number of carbonyl (C=O) groups excluding carboxylic acids is 1. The third-order valence-corrected chi connectivity index (χ3v) is 20.4. The van der Waals surface area contributed by atoms with Crippen LogP contribution in [0.2, 0.25) is 5.04 Å². The van der Waals surface area contributed by atoms with Gasteiger partial charge < -0.3 is 18.8 Å². The lowest BCUT2D eigenvalue weighted by Gasteiger charge is -2.44. The number of pyridine rings is 1. The van der Waals surface area contributed by atoms with Crippen molar-refractivity contribution in [1.82, 2.24) is 4.98 Å². The molecule has 1 atom stereocenters. The second-order valence-electron chi connectivity index (χ2n) is 18.3. The molecular formula is C50H62N2O5Si2. The molecule has 0 saturated heterocycles. The second-order valence-corrected chi connectivity index (χ2v) is 26.0. The molecule has 4 aromatic carbocycles. The topological polar surface area (TPSA) is 89.0 Å². The Hall–Kier alpha value is -4.68. The van der Waals surface area contributed by atoms with Gasteiger partial charge in [0.15, 0.2) is 5.41 Å². The van der Waals surface area contributed by atoms with E-state index in [0.717, 1.165) is 60.2 Å². The molecule has 9 heteroatoms. The summed E-state index contributed by atoms with van der Waals surface area (Å²) in [4.78, 5) is 33.2. The minimum atomic E-state index is -3.44. The van der Waals surface area contributed by atoms with Crippen molar-refractivity contribution in [2.75, 3.05) is 24.7 Å². The van der Waals surface area contributed by atoms with E-state index >= 15 is 0 Å². The van der Waals surface area contributed by atoms with Crippen molar-refractivity contribution >= 4 is 54.7 Å². The number of fused-ring (bicyclic) bond motifs is 1. The van der Waals surface area contributed by atoms with Gasteiger partial charge in [-0.2, -0.15) is 0 Å². The van der Waals surface area contributed by atoms with Gasteiger partial charge >= 0.3 is 14.4 Å². The molecule has 1 aliphatic heterocycles. The Kier molecular flexibility index (Phi) is 14.2. The second kappa shape index (κ2) is 19.1. The third-order valence-electron chi connectivity index (χ3n) is 11.6. The lowest BCUT2D eigenvalue weighted by Crippen LogP contribution is -2.68. The molecule has 59 heavy (non-hydrogen) atoms. The van der Waals surface area contributed by atoms with Gasteiger partial charge in [-0.1, -0.05) is 175 Å². The highest BCUT2D eigenvalue weighted by atomic mass is 28.4. The Labute approximate surface area is 354 Å². The van der Waals surface area contributed by atoms with Gasteiger partial charge in [-0.3, -0.25) is 4.90 Å². The maximum atomic E-state index is 15.0. The molecule has 0 spiro atoms. The molecule has 310 valence electrons. The number of aromatic nitrogens is 1. The molecule has 1 aliphatic rings. The summed E-state index contributed by atoms with van der Waals surface area (Å²) in [6, 6.07) is 45.9. The number of nitrogens with zero attached hydrogens (tertiary/aromatic N) is 2. The number of hydrogen-bond acceptors (Lipinski definition) is 5. The van der Waals surface area contributed by atoms with Crippen molar-refractivity contribution in [3.8, 4) is 0 Å². The minimum Gasteiger partial charge on any atom is -0.465 e. The highest BCUT2D eigenvalue weighted by Gasteiger charge is 2.51. The number of carbonyl (C=O) groups is 2. The molecule has 0 aliphatic carbocycles. The van der Waals surface area contributed by atoms with E-state index < -0.39 is 22.7 Å². The van der Waals surface area contributed by atoms with E-state index in [9.17, 15) is 14.7 Å². The molecule has 7 nitrogen and oxygen atoms in total. The molecule has 0 saturated carbocycles. The summed E-state index contributed by atoms with van der Waals surface area (Å²) in [6.45, 7) is 14.6. The summed E-state index contributed by atoms with van der Waals surface area (Å²) in [5.74, 6) is 0.562. The van der Waals surface area contributed by atoms with Crippen LogP contribution in [0.15, 0.2) is 133 Å². The standard InChI is InChI=1S/C50H62N2O5Si2/c1-49(2,3)36-46(53)58(42-25-11-7-12-26-42,43-27-13-8-14-28-43)56-37-39(22-19-20-24-41-34-33-40-23-21-35-52(48(54)55)47(40)51-41)38-57-59(50(4,5)6,44-29-15-9-16-30-44)45-31-17-10-18-32-45/h7-18,25-34,39H,19-24,35-38H2,1-6H3,(H,54,55). The van der Waals surface area contributed by atoms with Crippen LogP contribution in [0, 0.1) is 11.3 Å². The molecule has 1 aromatic heterocycles. The van der Waals surface area contributed by atoms with Crippen LogP contribution in [0.25, 0.3) is 0 Å². The Morgan fingerprint density at radius 3 is 1.69 bits per heavy atom. The highest BCUT2D eigenvalue weighted by Crippen LogP contribution is 2.37. The van der Waals surface area contributed by atoms with Crippen molar-refractivity contribution in [3.05, 3.63) is 145 Å². The van der Waals surface area contributed by atoms with E-state index in [-0.39, 0.29) is 21.8 Å². The molecule has 1 amide bonds. The number of amides is 1. The van der Waals surface area contributed by atoms with Crippen LogP contribution in [0.4, 0.5) is 10.6 Å². The van der Waals surface area contributed by atoms with Gasteiger partial charge in [0, 0.05) is 37.8 Å². The Morgan fingerprint density at radius 1 is 0.695 bits per heavy atom. The lowest BCUT2D eigenvalue weighted by atomic mass is 9.93. The molecule has 1 N–H and O–H groups in total. The molecule has 2 heterocycles. The summed E-state index contributed by atoms with van der Waals surface area (Å²) < 4.78 is 15.0. The third kappa shape index (κ3) is 10.2. The summed E-state index contributed by atoms with van der Waals surface area (Å²) in [5, 5.41) is 14.2. The summed E-state index contributed by atoms with van der Waals surface area (Å²) in [7, 11) is -6.31. The first kappa shape index (κ1) is 43.9. The van der Waals surface area contributed by atoms with Gasteiger partial charge in [0.05, 0.1) is 0 Å². The maximum absolute atomic E-state index is 15.0. The fourth-order valence-corrected chi connectivity index (χ4v) is 17.4. The Bertz CT molecular complexity index is 2040. The predicted molar refractivity (Wildman–Crippen MR) is 245 cm³/mol. The molecular weight excluding hydrogens is 765 g/mol. The van der Waals surface area contributed by atoms with Crippen LogP contribution in [-0.2, 0) is 26.5 Å². The van der Waals surface area contributed by atoms with Crippen molar-refractivity contribution in [3.63, 3.8) is 0 Å². The molecule has 5 aromatic rings. The number of aryl methyl sites for hydroxylation is 2. The average molecular weight is 827 g/mol. The van der Waals surface area contributed by atoms with Crippen molar-refractivity contribution in [1.29, 1.82) is 0 Å². The number of anilines is 1. The predicted octanol–water partition coefficient (Wildman–Crippen LogP) is 8.74. The van der Waals surface area contributed by atoms with Crippen LogP contribution in [-0.4, -0.2) is 58.0 Å². The zero-order valence-electron chi connectivity index (χ0n) is 35.8. The van der Waals surface area contributed by atoms with E-state index in [2.05, 4.69) is 133 Å². The first-order valence-electron chi connectivity index (χ1n) is 21.3. The minimum absolute atomic E-state index is 0.0163. The van der Waals surface area contributed by atoms with Crippen LogP contribution >= 0.6 is 0 Å². The summed E-state index contributed by atoms with van der Waals surface area (Å²) >= 11 is 0. The largest absolute Gasteiger partial charge is 0.465 e. The fraction of sp³-hybridized carbons (Fsp3) is 0.380. The van der Waals surface area contributed by atoms with Crippen molar-refractivity contribution in [2.45, 2.75) is 91.5 Å². The lowest BCUT2D eigenvalue weighted by molar-refractivity contribution is -0.115. The smallest absolute Gasteiger partial charge is 0.413 e. The zero-order chi connectivity index (χ0) is 42.1. The summed E-state index contributed by atoms with van der Waals surface area (Å²) in [6.07, 6.45) is 4.42. The number of carboxylic acid groups (broad SMARTS) is 1. The number of benzene rings is 4. The van der Waals surface area contributed by atoms with Gasteiger partial charge in [0.1, 0.15) is 5.82 Å². The highest BCUT2D eigenvalue weighted by molar-refractivity contribution is 7.18. The molecule has 0 bridgehead atoms. The van der Waals surface area contributed by atoms with Crippen LogP contribution in [0.3, 0.4) is 0 Å². The van der Waals surface area contributed by atoms with Crippen LogP contribution in [0.1, 0.15) is 84.9 Å². The molecule has 0 fully saturated rings. The molecule has 6 rings (SSSR count). The molecule has 1 unspecified atom stereocenters. The van der Waals surface area contributed by atoms with Gasteiger partial charge in [-0.05, 0) is 74.9 Å². The van der Waals surface area contributed by atoms with E-state index in [0.29, 0.717) is 32.0 Å². The van der Waals surface area contributed by atoms with Crippen LogP contribution in [0.5, 0.6) is 0 Å². The van der Waals surface area contributed by atoms with Gasteiger partial charge in [0.25, 0.3) is 8.32 Å². The zero-order valence-corrected chi connectivity index (χ0v) is 37.8. The van der Waals surface area contributed by atoms with E-state index in [1.54, 1.807) is 0 Å². The van der Waals surface area contributed by atoms with Crippen LogP contribution < -0.4 is 25.6 Å². The number of hydrogen-bond donors (Lipinski definition) is 1. The number of unbranched alkanes of at least 4 members (excludes halogenated alkanes) is 1.